The second-order valence-corrected chi connectivity index (χ2v) is 8.51. The van der Waals surface area contributed by atoms with Crippen LogP contribution in [0.3, 0.4) is 0 Å². The fraction of sp³-hybridized carbons (Fsp3) is 0.0714. The number of nitro benzene ring substituents is 1. The Morgan fingerprint density at radius 3 is 1.83 bits per heavy atom. The summed E-state index contributed by atoms with van der Waals surface area (Å²) in [6.07, 6.45) is 0. The van der Waals surface area contributed by atoms with Gasteiger partial charge in [-0.2, -0.15) is 0 Å². The molecule has 0 aromatic heterocycles. The first-order chi connectivity index (χ1) is 16.8. The highest BCUT2D eigenvalue weighted by molar-refractivity contribution is 6.32. The van der Waals surface area contributed by atoms with Gasteiger partial charge in [0.2, 0.25) is 0 Å². The molecular weight excluding hydrogens is 442 g/mol. The van der Waals surface area contributed by atoms with Gasteiger partial charge in [0.15, 0.2) is 11.6 Å². The number of aryl methyl sites for hydroxylation is 2. The van der Waals surface area contributed by atoms with E-state index in [1.165, 1.54) is 6.07 Å². The van der Waals surface area contributed by atoms with Gasteiger partial charge in [-0.05, 0) is 49.7 Å². The summed E-state index contributed by atoms with van der Waals surface area (Å²) < 4.78 is 0. The number of anilines is 4. The van der Waals surface area contributed by atoms with Crippen LogP contribution in [-0.4, -0.2) is 16.5 Å². The number of fused-ring (bicyclic) bond motifs is 2. The highest BCUT2D eigenvalue weighted by Crippen LogP contribution is 2.38. The van der Waals surface area contributed by atoms with Crippen LogP contribution in [-0.2, 0) is 0 Å². The van der Waals surface area contributed by atoms with E-state index in [-0.39, 0.29) is 39.6 Å². The Kier molecular flexibility index (Phi) is 5.37. The van der Waals surface area contributed by atoms with Crippen LogP contribution >= 0.6 is 0 Å². The van der Waals surface area contributed by atoms with E-state index in [0.29, 0.717) is 16.9 Å². The van der Waals surface area contributed by atoms with E-state index in [0.717, 1.165) is 16.8 Å². The minimum Gasteiger partial charge on any atom is -0.355 e. The van der Waals surface area contributed by atoms with Crippen LogP contribution in [0.4, 0.5) is 28.4 Å². The summed E-state index contributed by atoms with van der Waals surface area (Å²) >= 11 is 0. The number of rotatable bonds is 5. The normalized spacial score (nSPS) is 12.1. The van der Waals surface area contributed by atoms with Gasteiger partial charge in [-0.25, -0.2) is 0 Å². The van der Waals surface area contributed by atoms with Crippen LogP contribution in [0.2, 0.25) is 0 Å². The quantitative estimate of drug-likeness (QED) is 0.229. The Balaban J connectivity index is 1.60. The van der Waals surface area contributed by atoms with Gasteiger partial charge in [0.1, 0.15) is 5.69 Å². The highest BCUT2D eigenvalue weighted by atomic mass is 16.6. The molecule has 0 fully saturated rings. The van der Waals surface area contributed by atoms with Crippen molar-refractivity contribution >= 4 is 40.0 Å². The molecule has 7 heteroatoms. The third-order valence-electron chi connectivity index (χ3n) is 6.02. The maximum absolute atomic E-state index is 13.8. The summed E-state index contributed by atoms with van der Waals surface area (Å²) in [5, 5.41) is 17.9. The predicted molar refractivity (Wildman–Crippen MR) is 135 cm³/mol. The van der Waals surface area contributed by atoms with Gasteiger partial charge in [-0.15, -0.1) is 0 Å². The summed E-state index contributed by atoms with van der Waals surface area (Å²) in [7, 11) is 0. The molecule has 0 atom stereocenters. The van der Waals surface area contributed by atoms with Crippen molar-refractivity contribution < 1.29 is 14.5 Å². The van der Waals surface area contributed by atoms with Crippen LogP contribution in [0, 0.1) is 24.0 Å². The van der Waals surface area contributed by atoms with Crippen LogP contribution in [0.1, 0.15) is 43.0 Å². The molecule has 0 saturated heterocycles. The Labute approximate surface area is 201 Å². The van der Waals surface area contributed by atoms with Gasteiger partial charge in [-0.3, -0.25) is 19.7 Å². The number of hydrogen-bond acceptors (Lipinski definition) is 6. The molecule has 5 rings (SSSR count). The fourth-order valence-corrected chi connectivity index (χ4v) is 4.29. The molecule has 1 aliphatic carbocycles. The van der Waals surface area contributed by atoms with E-state index in [9.17, 15) is 19.7 Å². The molecular formula is C28H21N3O4. The summed E-state index contributed by atoms with van der Waals surface area (Å²) in [6, 6.07) is 22.6. The summed E-state index contributed by atoms with van der Waals surface area (Å²) in [5.41, 5.74) is 4.66. The summed E-state index contributed by atoms with van der Waals surface area (Å²) in [6.45, 7) is 3.75. The molecule has 0 aliphatic heterocycles. The van der Waals surface area contributed by atoms with Crippen molar-refractivity contribution in [2.24, 2.45) is 0 Å². The lowest BCUT2D eigenvalue weighted by atomic mass is 9.82. The largest absolute Gasteiger partial charge is 0.355 e. The third kappa shape index (κ3) is 3.93. The van der Waals surface area contributed by atoms with Crippen molar-refractivity contribution in [3.63, 3.8) is 0 Å². The van der Waals surface area contributed by atoms with Crippen molar-refractivity contribution in [2.45, 2.75) is 13.8 Å². The average molecular weight is 463 g/mol. The molecule has 7 nitrogen and oxygen atoms in total. The zero-order valence-electron chi connectivity index (χ0n) is 19.1. The zero-order valence-corrected chi connectivity index (χ0v) is 19.1. The molecule has 2 N–H and O–H groups in total. The number of nitrogens with one attached hydrogen (secondary N) is 2. The smallest absolute Gasteiger partial charge is 0.292 e. The van der Waals surface area contributed by atoms with Crippen LogP contribution < -0.4 is 10.6 Å². The molecule has 0 unspecified atom stereocenters. The molecule has 4 aromatic carbocycles. The first-order valence-corrected chi connectivity index (χ1v) is 11.0. The molecule has 0 amide bonds. The van der Waals surface area contributed by atoms with Crippen molar-refractivity contribution in [3.05, 3.63) is 122 Å². The predicted octanol–water partition coefficient (Wildman–Crippen LogP) is 6.47. The maximum atomic E-state index is 13.8. The summed E-state index contributed by atoms with van der Waals surface area (Å²) in [5.74, 6) is -0.605. The number of hydrogen-bond donors (Lipinski definition) is 2. The maximum Gasteiger partial charge on any atom is 0.292 e. The van der Waals surface area contributed by atoms with Crippen molar-refractivity contribution in [1.82, 2.24) is 0 Å². The Bertz CT molecular complexity index is 1520. The number of ketones is 2. The number of nitro groups is 1. The van der Waals surface area contributed by atoms with Crippen molar-refractivity contribution in [1.29, 1.82) is 0 Å². The first kappa shape index (κ1) is 22.0. The van der Waals surface area contributed by atoms with Gasteiger partial charge < -0.3 is 10.6 Å². The molecule has 0 spiro atoms. The van der Waals surface area contributed by atoms with Crippen molar-refractivity contribution in [3.8, 4) is 0 Å². The second kappa shape index (κ2) is 8.53. The molecule has 0 bridgehead atoms. The zero-order chi connectivity index (χ0) is 24.7. The number of carbonyl (C=O) groups excluding carboxylic acids is 2. The van der Waals surface area contributed by atoms with E-state index in [4.69, 9.17) is 0 Å². The van der Waals surface area contributed by atoms with E-state index in [1.807, 2.05) is 31.2 Å². The Morgan fingerprint density at radius 1 is 0.657 bits per heavy atom. The standard InChI is InChI=1S/C28H21N3O4/c1-16-9-12-18(13-10-16)29-22-7-3-5-19-25(22)28(33)26-20(27(19)32)6-4-8-23(26)30-21-14-11-17(2)15-24(21)31(34)35/h3-15,29-30H,1-2H3. The second-order valence-electron chi connectivity index (χ2n) is 8.51. The lowest BCUT2D eigenvalue weighted by molar-refractivity contribution is -0.384. The van der Waals surface area contributed by atoms with Gasteiger partial charge in [0, 0.05) is 22.9 Å². The first-order valence-electron chi connectivity index (χ1n) is 11.0. The van der Waals surface area contributed by atoms with Gasteiger partial charge in [-0.1, -0.05) is 48.0 Å². The molecule has 172 valence electrons. The van der Waals surface area contributed by atoms with E-state index in [1.54, 1.807) is 55.5 Å². The van der Waals surface area contributed by atoms with E-state index < -0.39 is 4.92 Å². The highest BCUT2D eigenvalue weighted by Gasteiger charge is 2.34. The van der Waals surface area contributed by atoms with Gasteiger partial charge in [0.05, 0.1) is 27.4 Å². The van der Waals surface area contributed by atoms with Crippen molar-refractivity contribution in [2.75, 3.05) is 10.6 Å². The Morgan fingerprint density at radius 2 is 1.23 bits per heavy atom. The summed E-state index contributed by atoms with van der Waals surface area (Å²) in [4.78, 5) is 38.4. The van der Waals surface area contributed by atoms with E-state index >= 15 is 0 Å². The van der Waals surface area contributed by atoms with Gasteiger partial charge >= 0.3 is 0 Å². The number of nitrogens with zero attached hydrogens (tertiary/aromatic N) is 1. The monoisotopic (exact) mass is 463 g/mol. The number of benzene rings is 4. The molecule has 4 aromatic rings. The lowest BCUT2D eigenvalue weighted by Crippen LogP contribution is -2.23. The topological polar surface area (TPSA) is 101 Å². The minimum atomic E-state index is -0.476. The molecule has 35 heavy (non-hydrogen) atoms. The molecule has 1 aliphatic rings. The SMILES string of the molecule is Cc1ccc(Nc2cccc3c2C(=O)c2c(Nc4ccc(C)cc4[N+](=O)[O-])cccc2C3=O)cc1. The van der Waals surface area contributed by atoms with E-state index in [2.05, 4.69) is 10.6 Å². The van der Waals surface area contributed by atoms with Crippen LogP contribution in [0.25, 0.3) is 0 Å². The average Bonchev–Trinajstić information content (AvgIpc) is 2.84. The third-order valence-corrected chi connectivity index (χ3v) is 6.02. The Hall–Kier alpha value is -4.78. The molecule has 0 saturated carbocycles. The number of carbonyl (C=O) groups is 2. The minimum absolute atomic E-state index is 0.112. The van der Waals surface area contributed by atoms with Crippen LogP contribution in [0.15, 0.2) is 78.9 Å². The van der Waals surface area contributed by atoms with Gasteiger partial charge in [0.25, 0.3) is 5.69 Å². The van der Waals surface area contributed by atoms with Crippen LogP contribution in [0.5, 0.6) is 0 Å². The fourth-order valence-electron chi connectivity index (χ4n) is 4.29. The molecule has 0 radical (unpaired) electrons. The molecule has 0 heterocycles. The lowest BCUT2D eigenvalue weighted by Gasteiger charge is -2.23.